The SMILES string of the molecule is CC(C)C[C@@H](NS(=O)(=O)NC1CCCC1)C(=O)O. The van der Waals surface area contributed by atoms with Crippen molar-refractivity contribution in [2.45, 2.75) is 58.0 Å². The second-order valence-electron chi connectivity index (χ2n) is 5.24. The summed E-state index contributed by atoms with van der Waals surface area (Å²) >= 11 is 0. The van der Waals surface area contributed by atoms with Crippen LogP contribution in [0.3, 0.4) is 0 Å². The first-order valence-electron chi connectivity index (χ1n) is 6.32. The van der Waals surface area contributed by atoms with Crippen molar-refractivity contribution < 1.29 is 18.3 Å². The lowest BCUT2D eigenvalue weighted by Crippen LogP contribution is -2.49. The van der Waals surface area contributed by atoms with Crippen LogP contribution in [0.15, 0.2) is 0 Å². The molecule has 0 radical (unpaired) electrons. The van der Waals surface area contributed by atoms with Crippen molar-refractivity contribution in [3.8, 4) is 0 Å². The van der Waals surface area contributed by atoms with E-state index >= 15 is 0 Å². The molecule has 1 rings (SSSR count). The maximum atomic E-state index is 11.8. The van der Waals surface area contributed by atoms with Gasteiger partial charge in [0, 0.05) is 6.04 Å². The van der Waals surface area contributed by atoms with Gasteiger partial charge in [-0.1, -0.05) is 26.7 Å². The molecule has 1 saturated carbocycles. The van der Waals surface area contributed by atoms with Crippen LogP contribution in [0.2, 0.25) is 0 Å². The molecule has 0 spiro atoms. The monoisotopic (exact) mass is 278 g/mol. The summed E-state index contributed by atoms with van der Waals surface area (Å²) in [6, 6.07) is -1.13. The van der Waals surface area contributed by atoms with E-state index in [9.17, 15) is 13.2 Å². The molecule has 0 saturated heterocycles. The Labute approximate surface area is 108 Å². The van der Waals surface area contributed by atoms with Gasteiger partial charge in [-0.3, -0.25) is 4.79 Å². The van der Waals surface area contributed by atoms with Gasteiger partial charge in [-0.15, -0.1) is 0 Å². The molecule has 0 aromatic heterocycles. The van der Waals surface area contributed by atoms with E-state index in [2.05, 4.69) is 9.44 Å². The molecule has 6 nitrogen and oxygen atoms in total. The summed E-state index contributed by atoms with van der Waals surface area (Å²) in [6.07, 6.45) is 3.95. The smallest absolute Gasteiger partial charge is 0.321 e. The number of carboxylic acids is 1. The lowest BCUT2D eigenvalue weighted by Gasteiger charge is -2.19. The van der Waals surface area contributed by atoms with E-state index in [-0.39, 0.29) is 18.4 Å². The minimum atomic E-state index is -3.74. The highest BCUT2D eigenvalue weighted by molar-refractivity contribution is 7.87. The molecule has 106 valence electrons. The number of carboxylic acid groups (broad SMARTS) is 1. The first-order chi connectivity index (χ1) is 8.30. The highest BCUT2D eigenvalue weighted by atomic mass is 32.2. The summed E-state index contributed by atoms with van der Waals surface area (Å²) in [7, 11) is -3.74. The third-order valence-electron chi connectivity index (χ3n) is 2.98. The Morgan fingerprint density at radius 1 is 1.33 bits per heavy atom. The summed E-state index contributed by atoms with van der Waals surface area (Å²) in [4.78, 5) is 11.0. The van der Waals surface area contributed by atoms with Gasteiger partial charge in [0.25, 0.3) is 10.2 Å². The summed E-state index contributed by atoms with van der Waals surface area (Å²) in [5, 5.41) is 8.99. The molecule has 0 unspecified atom stereocenters. The van der Waals surface area contributed by atoms with Crippen molar-refractivity contribution in [2.75, 3.05) is 0 Å². The quantitative estimate of drug-likeness (QED) is 0.643. The van der Waals surface area contributed by atoms with Crippen LogP contribution in [0.5, 0.6) is 0 Å². The van der Waals surface area contributed by atoms with Gasteiger partial charge in [-0.05, 0) is 25.2 Å². The van der Waals surface area contributed by atoms with E-state index in [0.717, 1.165) is 25.7 Å². The average Bonchev–Trinajstić information content (AvgIpc) is 2.67. The zero-order valence-corrected chi connectivity index (χ0v) is 11.7. The van der Waals surface area contributed by atoms with Gasteiger partial charge < -0.3 is 5.11 Å². The highest BCUT2D eigenvalue weighted by Gasteiger charge is 2.27. The molecule has 1 aliphatic rings. The van der Waals surface area contributed by atoms with Crippen LogP contribution in [0, 0.1) is 5.92 Å². The van der Waals surface area contributed by atoms with Gasteiger partial charge in [0.1, 0.15) is 6.04 Å². The lowest BCUT2D eigenvalue weighted by atomic mass is 10.1. The van der Waals surface area contributed by atoms with Gasteiger partial charge in [0.05, 0.1) is 0 Å². The molecule has 0 amide bonds. The van der Waals surface area contributed by atoms with E-state index in [4.69, 9.17) is 5.11 Å². The number of aliphatic carboxylic acids is 1. The Morgan fingerprint density at radius 3 is 2.33 bits per heavy atom. The largest absolute Gasteiger partial charge is 0.480 e. The first-order valence-corrected chi connectivity index (χ1v) is 7.81. The molecule has 1 fully saturated rings. The Balaban J connectivity index is 2.57. The third-order valence-corrected chi connectivity index (χ3v) is 4.22. The fraction of sp³-hybridized carbons (Fsp3) is 0.909. The summed E-state index contributed by atoms with van der Waals surface area (Å²) in [6.45, 7) is 3.71. The Hall–Kier alpha value is -0.660. The normalized spacial score (nSPS) is 19.3. The van der Waals surface area contributed by atoms with Crippen molar-refractivity contribution in [1.82, 2.24) is 9.44 Å². The standard InChI is InChI=1S/C11H22N2O4S/c1-8(2)7-10(11(14)15)13-18(16,17)12-9-5-3-4-6-9/h8-10,12-13H,3-7H2,1-2H3,(H,14,15)/t10-/m1/s1. The second kappa shape index (κ2) is 6.49. The molecule has 7 heteroatoms. The summed E-state index contributed by atoms with van der Waals surface area (Å²) in [5.41, 5.74) is 0. The van der Waals surface area contributed by atoms with Crippen LogP contribution in [0.4, 0.5) is 0 Å². The maximum Gasteiger partial charge on any atom is 0.321 e. The molecule has 1 atom stereocenters. The molecule has 0 heterocycles. The Morgan fingerprint density at radius 2 is 1.89 bits per heavy atom. The van der Waals surface area contributed by atoms with E-state index in [1.807, 2.05) is 13.8 Å². The highest BCUT2D eigenvalue weighted by Crippen LogP contribution is 2.18. The third kappa shape index (κ3) is 5.32. The summed E-state index contributed by atoms with van der Waals surface area (Å²) < 4.78 is 28.3. The Kier molecular flexibility index (Phi) is 5.55. The predicted octanol–water partition coefficient (Wildman–Crippen LogP) is 0.852. The lowest BCUT2D eigenvalue weighted by molar-refractivity contribution is -0.139. The number of nitrogens with one attached hydrogen (secondary N) is 2. The van der Waals surface area contributed by atoms with Crippen molar-refractivity contribution in [3.63, 3.8) is 0 Å². The fourth-order valence-electron chi connectivity index (χ4n) is 2.16. The van der Waals surface area contributed by atoms with Gasteiger partial charge in [0.15, 0.2) is 0 Å². The zero-order chi connectivity index (χ0) is 13.8. The van der Waals surface area contributed by atoms with Crippen LogP contribution in [-0.4, -0.2) is 31.6 Å². The molecular weight excluding hydrogens is 256 g/mol. The molecule has 1 aliphatic carbocycles. The number of hydrogen-bond acceptors (Lipinski definition) is 3. The van der Waals surface area contributed by atoms with Crippen molar-refractivity contribution in [3.05, 3.63) is 0 Å². The van der Waals surface area contributed by atoms with E-state index in [0.29, 0.717) is 0 Å². The summed E-state index contributed by atoms with van der Waals surface area (Å²) in [5.74, 6) is -1.03. The number of rotatable bonds is 7. The van der Waals surface area contributed by atoms with E-state index in [1.54, 1.807) is 0 Å². The van der Waals surface area contributed by atoms with E-state index in [1.165, 1.54) is 0 Å². The first kappa shape index (κ1) is 15.4. The topological polar surface area (TPSA) is 95.5 Å². The van der Waals surface area contributed by atoms with Gasteiger partial charge >= 0.3 is 5.97 Å². The van der Waals surface area contributed by atoms with Crippen LogP contribution in [-0.2, 0) is 15.0 Å². The average molecular weight is 278 g/mol. The minimum Gasteiger partial charge on any atom is -0.480 e. The van der Waals surface area contributed by atoms with Crippen LogP contribution in [0.25, 0.3) is 0 Å². The zero-order valence-electron chi connectivity index (χ0n) is 10.8. The molecule has 0 aromatic carbocycles. The van der Waals surface area contributed by atoms with Gasteiger partial charge in [0.2, 0.25) is 0 Å². The van der Waals surface area contributed by atoms with Gasteiger partial charge in [-0.2, -0.15) is 17.9 Å². The fourth-order valence-corrected chi connectivity index (χ4v) is 3.47. The molecule has 18 heavy (non-hydrogen) atoms. The number of hydrogen-bond donors (Lipinski definition) is 3. The molecular formula is C11H22N2O4S. The molecule has 3 N–H and O–H groups in total. The second-order valence-corrected chi connectivity index (χ2v) is 6.72. The molecule has 0 bridgehead atoms. The Bertz CT molecular complexity index is 375. The predicted molar refractivity (Wildman–Crippen MR) is 68.3 cm³/mol. The van der Waals surface area contributed by atoms with Crippen LogP contribution < -0.4 is 9.44 Å². The molecule has 0 aromatic rings. The van der Waals surface area contributed by atoms with Crippen LogP contribution in [0.1, 0.15) is 46.0 Å². The van der Waals surface area contributed by atoms with E-state index < -0.39 is 22.2 Å². The van der Waals surface area contributed by atoms with Crippen molar-refractivity contribution in [2.24, 2.45) is 5.92 Å². The van der Waals surface area contributed by atoms with Gasteiger partial charge in [-0.25, -0.2) is 0 Å². The minimum absolute atomic E-state index is 0.0593. The van der Waals surface area contributed by atoms with Crippen LogP contribution >= 0.6 is 0 Å². The van der Waals surface area contributed by atoms with Crippen molar-refractivity contribution >= 4 is 16.2 Å². The van der Waals surface area contributed by atoms with Crippen molar-refractivity contribution in [1.29, 1.82) is 0 Å². The molecule has 0 aliphatic heterocycles. The number of carbonyl (C=O) groups is 1. The maximum absolute atomic E-state index is 11.8.